The SMILES string of the molecule is CCC(CC)(C(=O)N(C)C1CCOC1)C(N)=NO. The molecule has 1 heterocycles. The number of ether oxygens (including phenoxy) is 1. The Bertz CT molecular complexity index is 321. The molecular weight excluding hydrogens is 234 g/mol. The largest absolute Gasteiger partial charge is 0.409 e. The van der Waals surface area contributed by atoms with E-state index < -0.39 is 5.41 Å². The Morgan fingerprint density at radius 3 is 2.56 bits per heavy atom. The van der Waals surface area contributed by atoms with Crippen LogP contribution >= 0.6 is 0 Å². The van der Waals surface area contributed by atoms with Crippen LogP contribution < -0.4 is 5.73 Å². The zero-order valence-corrected chi connectivity index (χ0v) is 11.3. The molecule has 0 aromatic heterocycles. The summed E-state index contributed by atoms with van der Waals surface area (Å²) < 4.78 is 5.29. The fourth-order valence-electron chi connectivity index (χ4n) is 2.45. The lowest BCUT2D eigenvalue weighted by molar-refractivity contribution is -0.139. The Kier molecular flexibility index (Phi) is 4.95. The number of likely N-dealkylation sites (N-methyl/N-ethyl adjacent to an activating group) is 1. The first kappa shape index (κ1) is 14.8. The van der Waals surface area contributed by atoms with Gasteiger partial charge in [0.2, 0.25) is 5.91 Å². The van der Waals surface area contributed by atoms with E-state index in [-0.39, 0.29) is 17.8 Å². The molecule has 1 aliphatic heterocycles. The van der Waals surface area contributed by atoms with Gasteiger partial charge in [0.1, 0.15) is 5.41 Å². The second-order valence-electron chi connectivity index (χ2n) is 4.71. The predicted molar refractivity (Wildman–Crippen MR) is 68.4 cm³/mol. The smallest absolute Gasteiger partial charge is 0.236 e. The third-order valence-electron chi connectivity index (χ3n) is 3.99. The first-order chi connectivity index (χ1) is 8.53. The molecule has 0 aromatic carbocycles. The van der Waals surface area contributed by atoms with Gasteiger partial charge in [-0.1, -0.05) is 19.0 Å². The fourth-order valence-corrected chi connectivity index (χ4v) is 2.45. The number of nitrogens with two attached hydrogens (primary N) is 1. The van der Waals surface area contributed by atoms with Crippen LogP contribution in [0.5, 0.6) is 0 Å². The number of nitrogens with zero attached hydrogens (tertiary/aromatic N) is 2. The van der Waals surface area contributed by atoms with Crippen molar-refractivity contribution in [2.75, 3.05) is 20.3 Å². The molecule has 1 aliphatic rings. The molecule has 3 N–H and O–H groups in total. The molecule has 0 radical (unpaired) electrons. The number of oxime groups is 1. The molecule has 6 heteroatoms. The maximum Gasteiger partial charge on any atom is 0.236 e. The average molecular weight is 257 g/mol. The number of rotatable bonds is 5. The van der Waals surface area contributed by atoms with Crippen molar-refractivity contribution >= 4 is 11.7 Å². The highest BCUT2D eigenvalue weighted by molar-refractivity contribution is 6.06. The topological polar surface area (TPSA) is 88.2 Å². The van der Waals surface area contributed by atoms with Crippen molar-refractivity contribution in [1.82, 2.24) is 4.90 Å². The zero-order valence-electron chi connectivity index (χ0n) is 11.3. The fraction of sp³-hybridized carbons (Fsp3) is 0.833. The van der Waals surface area contributed by atoms with Crippen LogP contribution in [0.2, 0.25) is 0 Å². The Morgan fingerprint density at radius 1 is 1.56 bits per heavy atom. The van der Waals surface area contributed by atoms with E-state index in [9.17, 15) is 4.79 Å². The monoisotopic (exact) mass is 257 g/mol. The summed E-state index contributed by atoms with van der Waals surface area (Å²) in [4.78, 5) is 14.3. The van der Waals surface area contributed by atoms with Gasteiger partial charge in [0.15, 0.2) is 5.84 Å². The van der Waals surface area contributed by atoms with Gasteiger partial charge in [-0.25, -0.2) is 0 Å². The molecule has 0 spiro atoms. The summed E-state index contributed by atoms with van der Waals surface area (Å²) in [5.74, 6) is -0.110. The highest BCUT2D eigenvalue weighted by Crippen LogP contribution is 2.30. The molecule has 1 unspecified atom stereocenters. The second-order valence-corrected chi connectivity index (χ2v) is 4.71. The van der Waals surface area contributed by atoms with E-state index in [2.05, 4.69) is 5.16 Å². The molecule has 0 aromatic rings. The number of hydrogen-bond donors (Lipinski definition) is 2. The third-order valence-corrected chi connectivity index (χ3v) is 3.99. The molecule has 104 valence electrons. The van der Waals surface area contributed by atoms with Gasteiger partial charge < -0.3 is 20.6 Å². The van der Waals surface area contributed by atoms with Crippen LogP contribution in [0.15, 0.2) is 5.16 Å². The normalized spacial score (nSPS) is 21.1. The standard InChI is InChI=1S/C12H23N3O3/c1-4-12(5-2,10(13)14-17)11(16)15(3)9-6-7-18-8-9/h9,17H,4-8H2,1-3H3,(H2,13,14). The summed E-state index contributed by atoms with van der Waals surface area (Å²) >= 11 is 0. The average Bonchev–Trinajstić information content (AvgIpc) is 2.93. The first-order valence-corrected chi connectivity index (χ1v) is 6.36. The van der Waals surface area contributed by atoms with Gasteiger partial charge in [0, 0.05) is 13.7 Å². The molecule has 1 rings (SSSR count). The summed E-state index contributed by atoms with van der Waals surface area (Å²) in [5.41, 5.74) is 4.82. The summed E-state index contributed by atoms with van der Waals surface area (Å²) in [5, 5.41) is 11.9. The van der Waals surface area contributed by atoms with Crippen LogP contribution in [0.4, 0.5) is 0 Å². The maximum absolute atomic E-state index is 12.6. The van der Waals surface area contributed by atoms with Crippen LogP contribution in [0.25, 0.3) is 0 Å². The first-order valence-electron chi connectivity index (χ1n) is 6.36. The van der Waals surface area contributed by atoms with Crippen LogP contribution in [0, 0.1) is 5.41 Å². The van der Waals surface area contributed by atoms with E-state index in [0.717, 1.165) is 6.42 Å². The molecule has 1 amide bonds. The van der Waals surface area contributed by atoms with Crippen molar-refractivity contribution in [3.05, 3.63) is 0 Å². The van der Waals surface area contributed by atoms with E-state index in [1.807, 2.05) is 13.8 Å². The summed E-state index contributed by atoms with van der Waals surface area (Å²) in [6.45, 7) is 4.98. The molecule has 18 heavy (non-hydrogen) atoms. The quantitative estimate of drug-likeness (QED) is 0.330. The van der Waals surface area contributed by atoms with Crippen molar-refractivity contribution in [2.24, 2.45) is 16.3 Å². The zero-order chi connectivity index (χ0) is 13.8. The van der Waals surface area contributed by atoms with E-state index in [1.54, 1.807) is 11.9 Å². The van der Waals surface area contributed by atoms with Crippen LogP contribution in [-0.4, -0.2) is 48.2 Å². The van der Waals surface area contributed by atoms with Crippen LogP contribution in [-0.2, 0) is 9.53 Å². The molecular formula is C12H23N3O3. The molecule has 6 nitrogen and oxygen atoms in total. The molecule has 0 aliphatic carbocycles. The van der Waals surface area contributed by atoms with Crippen molar-refractivity contribution < 1.29 is 14.7 Å². The minimum absolute atomic E-state index is 0.0109. The molecule has 1 fully saturated rings. The number of amides is 1. The van der Waals surface area contributed by atoms with Crippen molar-refractivity contribution in [3.63, 3.8) is 0 Å². The number of carbonyl (C=O) groups is 1. The highest BCUT2D eigenvalue weighted by Gasteiger charge is 2.43. The van der Waals surface area contributed by atoms with E-state index in [4.69, 9.17) is 15.7 Å². The Labute approximate surface area is 108 Å². The lowest BCUT2D eigenvalue weighted by Crippen LogP contribution is -2.52. The van der Waals surface area contributed by atoms with Crippen molar-refractivity contribution in [2.45, 2.75) is 39.2 Å². The van der Waals surface area contributed by atoms with Gasteiger partial charge in [0.25, 0.3) is 0 Å². The van der Waals surface area contributed by atoms with Gasteiger partial charge >= 0.3 is 0 Å². The highest BCUT2D eigenvalue weighted by atomic mass is 16.5. The van der Waals surface area contributed by atoms with Gasteiger partial charge in [-0.15, -0.1) is 0 Å². The summed E-state index contributed by atoms with van der Waals surface area (Å²) in [6.07, 6.45) is 1.86. The number of hydrogen-bond acceptors (Lipinski definition) is 4. The summed E-state index contributed by atoms with van der Waals surface area (Å²) in [6, 6.07) is 0.0847. The minimum atomic E-state index is -0.911. The lowest BCUT2D eigenvalue weighted by Gasteiger charge is -2.35. The Balaban J connectivity index is 2.95. The maximum atomic E-state index is 12.6. The van der Waals surface area contributed by atoms with Gasteiger partial charge in [-0.05, 0) is 19.3 Å². The second kappa shape index (κ2) is 6.04. The molecule has 1 atom stereocenters. The summed E-state index contributed by atoms with van der Waals surface area (Å²) in [7, 11) is 1.76. The minimum Gasteiger partial charge on any atom is -0.409 e. The third kappa shape index (κ3) is 2.43. The molecule has 0 saturated carbocycles. The molecule has 0 bridgehead atoms. The predicted octanol–water partition coefficient (Wildman–Crippen LogP) is 0.787. The Morgan fingerprint density at radius 2 is 2.17 bits per heavy atom. The molecule has 1 saturated heterocycles. The van der Waals surface area contributed by atoms with E-state index >= 15 is 0 Å². The number of amidine groups is 1. The van der Waals surface area contributed by atoms with Gasteiger partial charge in [0.05, 0.1) is 12.6 Å². The van der Waals surface area contributed by atoms with E-state index in [1.165, 1.54) is 0 Å². The van der Waals surface area contributed by atoms with E-state index in [0.29, 0.717) is 26.1 Å². The van der Waals surface area contributed by atoms with Crippen molar-refractivity contribution in [1.29, 1.82) is 0 Å². The Hall–Kier alpha value is -1.30. The van der Waals surface area contributed by atoms with Crippen LogP contribution in [0.1, 0.15) is 33.1 Å². The number of carbonyl (C=O) groups excluding carboxylic acids is 1. The van der Waals surface area contributed by atoms with Gasteiger partial charge in [-0.3, -0.25) is 4.79 Å². The van der Waals surface area contributed by atoms with Gasteiger partial charge in [-0.2, -0.15) is 0 Å². The van der Waals surface area contributed by atoms with Crippen molar-refractivity contribution in [3.8, 4) is 0 Å². The van der Waals surface area contributed by atoms with Crippen LogP contribution in [0.3, 0.4) is 0 Å². The lowest BCUT2D eigenvalue weighted by atomic mass is 9.79.